The van der Waals surface area contributed by atoms with E-state index in [-0.39, 0.29) is 12.5 Å². The minimum absolute atomic E-state index is 0.0577. The van der Waals surface area contributed by atoms with Gasteiger partial charge in [0, 0.05) is 31.1 Å². The van der Waals surface area contributed by atoms with Gasteiger partial charge in [0.25, 0.3) is 0 Å². The molecule has 1 fully saturated rings. The third kappa shape index (κ3) is 3.06. The highest BCUT2D eigenvalue weighted by atomic mass is 16.5. The number of aromatic nitrogens is 1. The van der Waals surface area contributed by atoms with Gasteiger partial charge in [-0.3, -0.25) is 9.79 Å². The van der Waals surface area contributed by atoms with E-state index < -0.39 is 0 Å². The van der Waals surface area contributed by atoms with Crippen LogP contribution in [0.25, 0.3) is 0 Å². The number of carbonyl (C=O) groups excluding carboxylic acids is 1. The maximum absolute atomic E-state index is 11.2. The number of ether oxygens (including phenoxy) is 1. The van der Waals surface area contributed by atoms with Crippen molar-refractivity contribution in [2.75, 3.05) is 31.1 Å². The number of pyridine rings is 1. The largest absolute Gasteiger partial charge is 0.465 e. The summed E-state index contributed by atoms with van der Waals surface area (Å²) in [7, 11) is 0. The molecule has 2 rings (SSSR count). The fourth-order valence-corrected chi connectivity index (χ4v) is 1.73. The van der Waals surface area contributed by atoms with Gasteiger partial charge in [0.15, 0.2) is 0 Å². The fraction of sp³-hybridized carbons (Fsp3) is 0.462. The molecule has 0 radical (unpaired) electrons. The van der Waals surface area contributed by atoms with Crippen LogP contribution in [0.5, 0.6) is 0 Å². The number of rotatable bonds is 5. The van der Waals surface area contributed by atoms with Crippen molar-refractivity contribution in [3.05, 3.63) is 23.9 Å². The second-order valence-electron chi connectivity index (χ2n) is 4.03. The summed E-state index contributed by atoms with van der Waals surface area (Å²) in [6.07, 6.45) is 4.67. The standard InChI is InChI=1S/C13H17N3O2/c1-2-18-12(17)10-14-9-11-5-3-6-15-13(11)16-7-4-8-16/h3,5-6,9H,2,4,7-8,10H2,1H3. The Bertz CT molecular complexity index is 442. The van der Waals surface area contributed by atoms with Crippen LogP contribution in [0.4, 0.5) is 5.82 Å². The predicted molar refractivity (Wildman–Crippen MR) is 70.2 cm³/mol. The lowest BCUT2D eigenvalue weighted by Gasteiger charge is -2.32. The van der Waals surface area contributed by atoms with Gasteiger partial charge in [0.05, 0.1) is 6.61 Å². The summed E-state index contributed by atoms with van der Waals surface area (Å²) in [5.74, 6) is 0.638. The van der Waals surface area contributed by atoms with E-state index in [1.807, 2.05) is 12.1 Å². The number of hydrogen-bond acceptors (Lipinski definition) is 5. The van der Waals surface area contributed by atoms with E-state index in [1.54, 1.807) is 19.3 Å². The molecule has 2 heterocycles. The van der Waals surface area contributed by atoms with E-state index in [1.165, 1.54) is 6.42 Å². The van der Waals surface area contributed by atoms with Crippen LogP contribution in [0, 0.1) is 0 Å². The molecule has 18 heavy (non-hydrogen) atoms. The van der Waals surface area contributed by atoms with Crippen molar-refractivity contribution >= 4 is 18.0 Å². The summed E-state index contributed by atoms with van der Waals surface area (Å²) in [4.78, 5) is 21.8. The summed E-state index contributed by atoms with van der Waals surface area (Å²) < 4.78 is 4.81. The first-order valence-corrected chi connectivity index (χ1v) is 6.16. The summed E-state index contributed by atoms with van der Waals surface area (Å²) in [5, 5.41) is 0. The van der Waals surface area contributed by atoms with Gasteiger partial charge in [-0.25, -0.2) is 4.98 Å². The quantitative estimate of drug-likeness (QED) is 0.581. The Labute approximate surface area is 106 Å². The lowest BCUT2D eigenvalue weighted by molar-refractivity contribution is -0.141. The Morgan fingerprint density at radius 1 is 1.61 bits per heavy atom. The van der Waals surface area contributed by atoms with Crippen molar-refractivity contribution in [3.63, 3.8) is 0 Å². The number of carbonyl (C=O) groups is 1. The van der Waals surface area contributed by atoms with Crippen LogP contribution < -0.4 is 4.90 Å². The van der Waals surface area contributed by atoms with E-state index in [9.17, 15) is 4.79 Å². The van der Waals surface area contributed by atoms with Crippen molar-refractivity contribution in [1.29, 1.82) is 0 Å². The minimum Gasteiger partial charge on any atom is -0.465 e. The van der Waals surface area contributed by atoms with Crippen molar-refractivity contribution in [1.82, 2.24) is 4.98 Å². The number of nitrogens with zero attached hydrogens (tertiary/aromatic N) is 3. The van der Waals surface area contributed by atoms with Crippen LogP contribution in [-0.4, -0.2) is 43.4 Å². The van der Waals surface area contributed by atoms with Gasteiger partial charge < -0.3 is 9.64 Å². The van der Waals surface area contributed by atoms with Gasteiger partial charge in [0.2, 0.25) is 0 Å². The van der Waals surface area contributed by atoms with Gasteiger partial charge in [-0.05, 0) is 25.5 Å². The molecule has 1 saturated heterocycles. The molecule has 0 atom stereocenters. The van der Waals surface area contributed by atoms with Crippen molar-refractivity contribution in [3.8, 4) is 0 Å². The average Bonchev–Trinajstić information content (AvgIpc) is 2.29. The molecule has 0 amide bonds. The van der Waals surface area contributed by atoms with Gasteiger partial charge in [-0.1, -0.05) is 0 Å². The van der Waals surface area contributed by atoms with E-state index in [0.29, 0.717) is 6.61 Å². The van der Waals surface area contributed by atoms with Crippen LogP contribution in [0.3, 0.4) is 0 Å². The third-order valence-electron chi connectivity index (χ3n) is 2.73. The molecule has 1 aliphatic rings. The topological polar surface area (TPSA) is 54.8 Å². The highest BCUT2D eigenvalue weighted by Gasteiger charge is 2.17. The molecule has 1 aromatic rings. The zero-order valence-corrected chi connectivity index (χ0v) is 10.5. The van der Waals surface area contributed by atoms with Gasteiger partial charge in [-0.15, -0.1) is 0 Å². The molecule has 0 aromatic carbocycles. The molecule has 1 aliphatic heterocycles. The molecule has 0 unspecified atom stereocenters. The molecule has 0 spiro atoms. The van der Waals surface area contributed by atoms with Crippen LogP contribution in [0.1, 0.15) is 18.9 Å². The Morgan fingerprint density at radius 2 is 2.44 bits per heavy atom. The first kappa shape index (κ1) is 12.5. The van der Waals surface area contributed by atoms with E-state index in [4.69, 9.17) is 4.74 Å². The smallest absolute Gasteiger partial charge is 0.327 e. The first-order chi connectivity index (χ1) is 8.81. The Kier molecular flexibility index (Phi) is 4.28. The molecule has 5 nitrogen and oxygen atoms in total. The number of esters is 1. The Morgan fingerprint density at radius 3 is 3.11 bits per heavy atom. The Hall–Kier alpha value is -1.91. The summed E-state index contributed by atoms with van der Waals surface area (Å²) in [5.41, 5.74) is 0.946. The highest BCUT2D eigenvalue weighted by molar-refractivity contribution is 5.88. The molecular formula is C13H17N3O2. The number of hydrogen-bond donors (Lipinski definition) is 0. The molecule has 1 aromatic heterocycles. The van der Waals surface area contributed by atoms with Gasteiger partial charge in [0.1, 0.15) is 12.4 Å². The second kappa shape index (κ2) is 6.14. The van der Waals surface area contributed by atoms with Crippen LogP contribution >= 0.6 is 0 Å². The van der Waals surface area contributed by atoms with Crippen molar-refractivity contribution < 1.29 is 9.53 Å². The minimum atomic E-state index is -0.303. The zero-order valence-electron chi connectivity index (χ0n) is 10.5. The highest BCUT2D eigenvalue weighted by Crippen LogP contribution is 2.20. The predicted octanol–water partition coefficient (Wildman–Crippen LogP) is 1.27. The summed E-state index contributed by atoms with van der Waals surface area (Å²) in [6.45, 7) is 4.30. The van der Waals surface area contributed by atoms with E-state index >= 15 is 0 Å². The number of anilines is 1. The van der Waals surface area contributed by atoms with E-state index in [2.05, 4.69) is 14.9 Å². The molecule has 0 bridgehead atoms. The molecule has 5 heteroatoms. The maximum Gasteiger partial charge on any atom is 0.327 e. The first-order valence-electron chi connectivity index (χ1n) is 6.16. The van der Waals surface area contributed by atoms with Crippen LogP contribution in [0.2, 0.25) is 0 Å². The Balaban J connectivity index is 1.99. The number of aliphatic imine (C=N–C) groups is 1. The molecule has 0 saturated carbocycles. The van der Waals surface area contributed by atoms with Crippen molar-refractivity contribution in [2.45, 2.75) is 13.3 Å². The van der Waals surface area contributed by atoms with Gasteiger partial charge in [-0.2, -0.15) is 0 Å². The van der Waals surface area contributed by atoms with E-state index in [0.717, 1.165) is 24.5 Å². The van der Waals surface area contributed by atoms with Crippen molar-refractivity contribution in [2.24, 2.45) is 4.99 Å². The molecule has 0 N–H and O–H groups in total. The lowest BCUT2D eigenvalue weighted by Crippen LogP contribution is -2.38. The normalized spacial score (nSPS) is 14.6. The summed E-state index contributed by atoms with van der Waals surface area (Å²) in [6, 6.07) is 3.82. The third-order valence-corrected chi connectivity index (χ3v) is 2.73. The molecule has 96 valence electrons. The van der Waals surface area contributed by atoms with Crippen LogP contribution in [-0.2, 0) is 9.53 Å². The lowest BCUT2D eigenvalue weighted by atomic mass is 10.2. The SMILES string of the molecule is CCOC(=O)CN=Cc1cccnc1N1CCC1. The monoisotopic (exact) mass is 247 g/mol. The fourth-order valence-electron chi connectivity index (χ4n) is 1.73. The zero-order chi connectivity index (χ0) is 12.8. The van der Waals surface area contributed by atoms with Crippen LogP contribution in [0.15, 0.2) is 23.3 Å². The molecule has 0 aliphatic carbocycles. The average molecular weight is 247 g/mol. The van der Waals surface area contributed by atoms with Gasteiger partial charge >= 0.3 is 5.97 Å². The molecular weight excluding hydrogens is 230 g/mol. The maximum atomic E-state index is 11.2. The second-order valence-corrected chi connectivity index (χ2v) is 4.03. The summed E-state index contributed by atoms with van der Waals surface area (Å²) >= 11 is 0.